The first-order valence-electron chi connectivity index (χ1n) is 6.68. The maximum Gasteiger partial charge on any atom is 0.0417 e. The van der Waals surface area contributed by atoms with Crippen LogP contribution in [-0.4, -0.2) is 38.1 Å². The summed E-state index contributed by atoms with van der Waals surface area (Å²) >= 11 is 3.62. The molecule has 1 aromatic rings. The molecule has 1 atom stereocenters. The van der Waals surface area contributed by atoms with Gasteiger partial charge in [0.2, 0.25) is 0 Å². The molecule has 2 rings (SSSR count). The molecule has 0 spiro atoms. The van der Waals surface area contributed by atoms with Crippen LogP contribution < -0.4 is 4.90 Å². The van der Waals surface area contributed by atoms with E-state index in [9.17, 15) is 0 Å². The fourth-order valence-corrected chi connectivity index (χ4v) is 3.31. The third kappa shape index (κ3) is 3.07. The molecule has 1 aromatic carbocycles. The highest BCUT2D eigenvalue weighted by molar-refractivity contribution is 9.08. The van der Waals surface area contributed by atoms with E-state index < -0.39 is 0 Å². The molecule has 0 N–H and O–H groups in total. The van der Waals surface area contributed by atoms with Gasteiger partial charge in [-0.2, -0.15) is 0 Å². The molecular formula is C15H23BrN2. The summed E-state index contributed by atoms with van der Waals surface area (Å²) in [5.74, 6) is 0. The number of likely N-dealkylation sites (N-methyl/N-ethyl adjacent to an activating group) is 1. The average molecular weight is 311 g/mol. The van der Waals surface area contributed by atoms with E-state index in [4.69, 9.17) is 0 Å². The lowest BCUT2D eigenvalue weighted by Crippen LogP contribution is -2.38. The Kier molecular flexibility index (Phi) is 4.68. The van der Waals surface area contributed by atoms with Gasteiger partial charge in [0.05, 0.1) is 0 Å². The SMILES string of the molecule is Cc1ccc(N2CCCC2CN(C)C)c(CBr)c1. The summed E-state index contributed by atoms with van der Waals surface area (Å²) in [7, 11) is 4.33. The molecule has 0 radical (unpaired) electrons. The van der Waals surface area contributed by atoms with Crippen molar-refractivity contribution >= 4 is 21.6 Å². The van der Waals surface area contributed by atoms with Crippen molar-refractivity contribution in [1.29, 1.82) is 0 Å². The molecule has 1 fully saturated rings. The molecule has 1 aliphatic rings. The van der Waals surface area contributed by atoms with E-state index in [1.165, 1.54) is 36.2 Å². The van der Waals surface area contributed by atoms with Gasteiger partial charge in [-0.25, -0.2) is 0 Å². The van der Waals surface area contributed by atoms with Crippen molar-refractivity contribution in [3.05, 3.63) is 29.3 Å². The minimum absolute atomic E-state index is 0.667. The van der Waals surface area contributed by atoms with Gasteiger partial charge in [0.25, 0.3) is 0 Å². The summed E-state index contributed by atoms with van der Waals surface area (Å²) in [5, 5.41) is 0.940. The van der Waals surface area contributed by atoms with Crippen LogP contribution in [0.15, 0.2) is 18.2 Å². The monoisotopic (exact) mass is 310 g/mol. The van der Waals surface area contributed by atoms with Crippen LogP contribution in [0.4, 0.5) is 5.69 Å². The van der Waals surface area contributed by atoms with Crippen LogP contribution in [0.25, 0.3) is 0 Å². The Morgan fingerprint density at radius 3 is 2.83 bits per heavy atom. The van der Waals surface area contributed by atoms with Crippen molar-refractivity contribution in [2.75, 3.05) is 32.1 Å². The van der Waals surface area contributed by atoms with Gasteiger partial charge in [0.1, 0.15) is 0 Å². The minimum Gasteiger partial charge on any atom is -0.367 e. The van der Waals surface area contributed by atoms with Crippen LogP contribution in [0.5, 0.6) is 0 Å². The molecule has 0 bridgehead atoms. The first kappa shape index (κ1) is 13.9. The molecule has 0 saturated carbocycles. The zero-order valence-corrected chi connectivity index (χ0v) is 13.2. The van der Waals surface area contributed by atoms with E-state index in [2.05, 4.69) is 64.9 Å². The molecule has 0 aromatic heterocycles. The smallest absolute Gasteiger partial charge is 0.0417 e. The molecule has 0 aliphatic carbocycles. The second kappa shape index (κ2) is 6.07. The van der Waals surface area contributed by atoms with Crippen LogP contribution >= 0.6 is 15.9 Å². The van der Waals surface area contributed by atoms with Gasteiger partial charge in [0.15, 0.2) is 0 Å². The Labute approximate surface area is 119 Å². The highest BCUT2D eigenvalue weighted by Gasteiger charge is 2.26. The average Bonchev–Trinajstić information content (AvgIpc) is 2.76. The molecular weight excluding hydrogens is 288 g/mol. The number of nitrogens with zero attached hydrogens (tertiary/aromatic N) is 2. The Balaban J connectivity index is 2.24. The number of rotatable bonds is 4. The number of halogens is 1. The van der Waals surface area contributed by atoms with E-state index in [1.54, 1.807) is 0 Å². The first-order valence-corrected chi connectivity index (χ1v) is 7.81. The quantitative estimate of drug-likeness (QED) is 0.786. The van der Waals surface area contributed by atoms with Crippen LogP contribution in [0.2, 0.25) is 0 Å². The van der Waals surface area contributed by atoms with Crippen molar-refractivity contribution in [3.8, 4) is 0 Å². The van der Waals surface area contributed by atoms with E-state index in [1.807, 2.05) is 0 Å². The predicted octanol–water partition coefficient (Wildman–Crippen LogP) is 3.42. The zero-order chi connectivity index (χ0) is 13.1. The number of hydrogen-bond acceptors (Lipinski definition) is 2. The van der Waals surface area contributed by atoms with Crippen molar-refractivity contribution in [2.24, 2.45) is 0 Å². The minimum atomic E-state index is 0.667. The van der Waals surface area contributed by atoms with E-state index in [0.717, 1.165) is 11.9 Å². The van der Waals surface area contributed by atoms with Gasteiger partial charge in [-0.3, -0.25) is 0 Å². The maximum atomic E-state index is 3.62. The number of alkyl halides is 1. The summed E-state index contributed by atoms with van der Waals surface area (Å²) in [5.41, 5.74) is 4.18. The fraction of sp³-hybridized carbons (Fsp3) is 0.600. The Hall–Kier alpha value is -0.540. The highest BCUT2D eigenvalue weighted by Crippen LogP contribution is 2.30. The summed E-state index contributed by atoms with van der Waals surface area (Å²) in [6.07, 6.45) is 2.63. The summed E-state index contributed by atoms with van der Waals surface area (Å²) in [6.45, 7) is 4.51. The van der Waals surface area contributed by atoms with Gasteiger partial charge in [-0.15, -0.1) is 0 Å². The second-order valence-corrected chi connectivity index (χ2v) is 6.08. The van der Waals surface area contributed by atoms with Crippen molar-refractivity contribution in [3.63, 3.8) is 0 Å². The second-order valence-electron chi connectivity index (χ2n) is 5.52. The van der Waals surface area contributed by atoms with E-state index in [-0.39, 0.29) is 0 Å². The van der Waals surface area contributed by atoms with Crippen LogP contribution in [0.3, 0.4) is 0 Å². The molecule has 100 valence electrons. The molecule has 2 nitrogen and oxygen atoms in total. The van der Waals surface area contributed by atoms with Gasteiger partial charge < -0.3 is 9.80 Å². The van der Waals surface area contributed by atoms with Crippen molar-refractivity contribution < 1.29 is 0 Å². The normalized spacial score (nSPS) is 19.8. The first-order chi connectivity index (χ1) is 8.61. The lowest BCUT2D eigenvalue weighted by Gasteiger charge is -2.30. The number of aryl methyl sites for hydroxylation is 1. The highest BCUT2D eigenvalue weighted by atomic mass is 79.9. The number of anilines is 1. The van der Waals surface area contributed by atoms with Gasteiger partial charge in [-0.05, 0) is 45.5 Å². The fourth-order valence-electron chi connectivity index (χ4n) is 2.87. The number of hydrogen-bond donors (Lipinski definition) is 0. The summed E-state index contributed by atoms with van der Waals surface area (Å²) in [6, 6.07) is 7.49. The van der Waals surface area contributed by atoms with E-state index >= 15 is 0 Å². The number of benzene rings is 1. The molecule has 1 heterocycles. The summed E-state index contributed by atoms with van der Waals surface area (Å²) in [4.78, 5) is 4.89. The lowest BCUT2D eigenvalue weighted by molar-refractivity contribution is 0.372. The van der Waals surface area contributed by atoms with Crippen LogP contribution in [-0.2, 0) is 5.33 Å². The Morgan fingerprint density at radius 2 is 2.17 bits per heavy atom. The molecule has 0 amide bonds. The van der Waals surface area contributed by atoms with Crippen molar-refractivity contribution in [2.45, 2.75) is 31.1 Å². The van der Waals surface area contributed by atoms with Gasteiger partial charge in [-0.1, -0.05) is 33.6 Å². The molecule has 1 unspecified atom stereocenters. The zero-order valence-electron chi connectivity index (χ0n) is 11.6. The third-order valence-electron chi connectivity index (χ3n) is 3.64. The third-order valence-corrected chi connectivity index (χ3v) is 4.25. The lowest BCUT2D eigenvalue weighted by atomic mass is 10.1. The molecule has 1 aliphatic heterocycles. The van der Waals surface area contributed by atoms with Crippen LogP contribution in [0.1, 0.15) is 24.0 Å². The topological polar surface area (TPSA) is 6.48 Å². The van der Waals surface area contributed by atoms with Gasteiger partial charge in [0, 0.05) is 30.1 Å². The molecule has 18 heavy (non-hydrogen) atoms. The van der Waals surface area contributed by atoms with Gasteiger partial charge >= 0.3 is 0 Å². The van der Waals surface area contributed by atoms with E-state index in [0.29, 0.717) is 6.04 Å². The summed E-state index contributed by atoms with van der Waals surface area (Å²) < 4.78 is 0. The van der Waals surface area contributed by atoms with Crippen molar-refractivity contribution in [1.82, 2.24) is 4.90 Å². The largest absolute Gasteiger partial charge is 0.367 e. The maximum absolute atomic E-state index is 3.62. The van der Waals surface area contributed by atoms with Crippen LogP contribution in [0, 0.1) is 6.92 Å². The molecule has 1 saturated heterocycles. The predicted molar refractivity (Wildman–Crippen MR) is 82.7 cm³/mol. The Bertz CT molecular complexity index is 403. The standard InChI is InChI=1S/C15H23BrN2/c1-12-6-7-15(13(9-12)10-16)18-8-4-5-14(18)11-17(2)3/h6-7,9,14H,4-5,8,10-11H2,1-3H3. The Morgan fingerprint density at radius 1 is 1.39 bits per heavy atom. The molecule has 3 heteroatoms.